The maximum atomic E-state index is 14.4. The molecule has 11 nitrogen and oxygen atoms in total. The number of nitrogens with one attached hydrogen (secondary N) is 1. The third-order valence-electron chi connectivity index (χ3n) is 6.51. The Kier molecular flexibility index (Phi) is 8.72. The van der Waals surface area contributed by atoms with Crippen LogP contribution in [0, 0.1) is 6.92 Å². The molecule has 0 radical (unpaired) electrons. The molecule has 3 atom stereocenters. The first-order valence-electron chi connectivity index (χ1n) is 12.8. The molecule has 42 heavy (non-hydrogen) atoms. The molecular formula is C28H28F2N3O8P. The Balaban J connectivity index is 1.11. The van der Waals surface area contributed by atoms with E-state index >= 15 is 0 Å². The van der Waals surface area contributed by atoms with Gasteiger partial charge < -0.3 is 27.9 Å². The van der Waals surface area contributed by atoms with Gasteiger partial charge in [0.15, 0.2) is 0 Å². The quantitative estimate of drug-likeness (QED) is 0.239. The van der Waals surface area contributed by atoms with Crippen molar-refractivity contribution >= 4 is 32.3 Å². The molecule has 1 amide bonds. The third-order valence-corrected chi connectivity index (χ3v) is 6.71. The number of anilines is 1. The molecule has 1 aliphatic heterocycles. The SMILES string of the molecule is COc1cc(C)c2oc(COc3ccc(COC(=O)Nc4ccn(C5O[C@H](COP)CC5(F)F)c(=O)n4)cc3)cc2c1. The van der Waals surface area contributed by atoms with Gasteiger partial charge in [-0.2, -0.15) is 4.98 Å². The fourth-order valence-corrected chi connectivity index (χ4v) is 4.75. The minimum absolute atomic E-state index is 0.0707. The van der Waals surface area contributed by atoms with Crippen LogP contribution in [0.15, 0.2) is 63.9 Å². The standard InChI is InChI=1S/C28H28F2N3O8P/c1-16-9-20(36-2)10-18-11-21(40-24(16)18)14-37-19-5-3-17(4-6-19)13-38-27(35)32-23-7-8-33(26(34)31-23)25-28(29,30)12-22(41-25)15-39-42/h3-11,22,25H,12-15,42H2,1-2H3,(H,31,32,34,35)/t22-,25?/m0/s1. The van der Waals surface area contributed by atoms with Crippen LogP contribution in [-0.2, 0) is 27.2 Å². The van der Waals surface area contributed by atoms with Crippen LogP contribution in [0.25, 0.3) is 11.0 Å². The molecule has 2 aromatic heterocycles. The van der Waals surface area contributed by atoms with Gasteiger partial charge in [0, 0.05) is 27.5 Å². The van der Waals surface area contributed by atoms with Crippen LogP contribution in [-0.4, -0.2) is 41.4 Å². The maximum absolute atomic E-state index is 14.4. The fourth-order valence-electron chi connectivity index (χ4n) is 4.53. The van der Waals surface area contributed by atoms with Gasteiger partial charge in [-0.05, 0) is 54.4 Å². The van der Waals surface area contributed by atoms with Gasteiger partial charge in [0.2, 0.25) is 6.23 Å². The molecule has 0 aliphatic carbocycles. The van der Waals surface area contributed by atoms with Gasteiger partial charge in [-0.3, -0.25) is 9.88 Å². The number of rotatable bonds is 10. The maximum Gasteiger partial charge on any atom is 0.413 e. The molecule has 1 fully saturated rings. The van der Waals surface area contributed by atoms with Crippen LogP contribution in [0.1, 0.15) is 29.5 Å². The summed E-state index contributed by atoms with van der Waals surface area (Å²) < 4.78 is 61.7. The van der Waals surface area contributed by atoms with Gasteiger partial charge in [-0.25, -0.2) is 18.4 Å². The zero-order valence-corrected chi connectivity index (χ0v) is 23.8. The topological polar surface area (TPSA) is 123 Å². The third kappa shape index (κ3) is 6.70. The van der Waals surface area contributed by atoms with E-state index in [0.29, 0.717) is 21.6 Å². The molecule has 0 saturated carbocycles. The van der Waals surface area contributed by atoms with E-state index in [-0.39, 0.29) is 25.6 Å². The van der Waals surface area contributed by atoms with E-state index in [9.17, 15) is 18.4 Å². The lowest BCUT2D eigenvalue weighted by Crippen LogP contribution is -2.35. The highest BCUT2D eigenvalue weighted by atomic mass is 31.0. The molecule has 0 spiro atoms. The smallest absolute Gasteiger partial charge is 0.413 e. The number of aromatic nitrogens is 2. The first-order chi connectivity index (χ1) is 20.1. The van der Waals surface area contributed by atoms with E-state index in [0.717, 1.165) is 28.5 Å². The number of nitrogens with zero attached hydrogens (tertiary/aromatic N) is 2. The van der Waals surface area contributed by atoms with Crippen LogP contribution < -0.4 is 20.5 Å². The van der Waals surface area contributed by atoms with Gasteiger partial charge in [0.1, 0.15) is 41.9 Å². The first-order valence-corrected chi connectivity index (χ1v) is 13.3. The number of hydrogen-bond donors (Lipinski definition) is 1. The second kappa shape index (κ2) is 12.4. The number of hydrogen-bond acceptors (Lipinski definition) is 9. The van der Waals surface area contributed by atoms with Crippen molar-refractivity contribution in [3.05, 3.63) is 82.1 Å². The summed E-state index contributed by atoms with van der Waals surface area (Å²) in [7, 11) is 3.58. The first kappa shape index (κ1) is 29.4. The van der Waals surface area contributed by atoms with Crippen LogP contribution in [0.4, 0.5) is 19.4 Å². The molecule has 4 aromatic rings. The molecule has 3 heterocycles. The van der Waals surface area contributed by atoms with Crippen molar-refractivity contribution in [2.75, 3.05) is 19.0 Å². The van der Waals surface area contributed by atoms with E-state index in [1.807, 2.05) is 34.6 Å². The second-order valence-corrected chi connectivity index (χ2v) is 9.95. The van der Waals surface area contributed by atoms with Crippen LogP contribution in [0.2, 0.25) is 0 Å². The Morgan fingerprint density at radius 3 is 2.67 bits per heavy atom. The normalized spacial score (nSPS) is 17.7. The van der Waals surface area contributed by atoms with Crippen molar-refractivity contribution in [3.8, 4) is 11.5 Å². The number of fused-ring (bicyclic) bond motifs is 1. The Morgan fingerprint density at radius 1 is 1.17 bits per heavy atom. The summed E-state index contributed by atoms with van der Waals surface area (Å²) in [5.74, 6) is -1.45. The number of aryl methyl sites for hydroxylation is 1. The van der Waals surface area contributed by atoms with E-state index in [2.05, 4.69) is 10.3 Å². The molecule has 0 bridgehead atoms. The Hall–Kier alpha value is -4.06. The molecule has 1 aliphatic rings. The fraction of sp³-hybridized carbons (Fsp3) is 0.321. The number of carbonyl (C=O) groups is 1. The Bertz CT molecular complexity index is 1630. The van der Waals surface area contributed by atoms with Crippen LogP contribution in [0.3, 0.4) is 0 Å². The van der Waals surface area contributed by atoms with Crippen LogP contribution >= 0.6 is 9.47 Å². The highest BCUT2D eigenvalue weighted by Crippen LogP contribution is 2.42. The lowest BCUT2D eigenvalue weighted by molar-refractivity contribution is -0.119. The van der Waals surface area contributed by atoms with Crippen molar-refractivity contribution in [3.63, 3.8) is 0 Å². The molecule has 5 rings (SSSR count). The Labute approximate surface area is 241 Å². The summed E-state index contributed by atoms with van der Waals surface area (Å²) in [6.07, 6.45) is -3.11. The molecular weight excluding hydrogens is 575 g/mol. The largest absolute Gasteiger partial charge is 0.497 e. The number of halogens is 2. The predicted molar refractivity (Wildman–Crippen MR) is 150 cm³/mol. The average Bonchev–Trinajstić information content (AvgIpc) is 3.51. The van der Waals surface area contributed by atoms with Gasteiger partial charge in [0.25, 0.3) is 5.92 Å². The van der Waals surface area contributed by atoms with Crippen LogP contribution in [0.5, 0.6) is 11.5 Å². The number of amides is 1. The summed E-state index contributed by atoms with van der Waals surface area (Å²) in [5, 5.41) is 3.24. The van der Waals surface area contributed by atoms with Gasteiger partial charge >= 0.3 is 11.8 Å². The monoisotopic (exact) mass is 603 g/mol. The summed E-state index contributed by atoms with van der Waals surface area (Å²) in [5.41, 5.74) is 1.40. The number of ether oxygens (including phenoxy) is 4. The summed E-state index contributed by atoms with van der Waals surface area (Å²) in [6.45, 7) is 2.02. The molecule has 2 unspecified atom stereocenters. The summed E-state index contributed by atoms with van der Waals surface area (Å²) >= 11 is 0. The highest BCUT2D eigenvalue weighted by Gasteiger charge is 2.51. The zero-order valence-electron chi connectivity index (χ0n) is 22.7. The average molecular weight is 604 g/mol. The van der Waals surface area contributed by atoms with Crippen molar-refractivity contribution in [1.29, 1.82) is 0 Å². The molecule has 222 valence electrons. The minimum atomic E-state index is -3.30. The molecule has 14 heteroatoms. The number of furan rings is 1. The van der Waals surface area contributed by atoms with E-state index < -0.39 is 36.5 Å². The Morgan fingerprint density at radius 2 is 1.95 bits per heavy atom. The van der Waals surface area contributed by atoms with Gasteiger partial charge in [0.05, 0.1) is 19.8 Å². The lowest BCUT2D eigenvalue weighted by atomic mass is 10.1. The van der Waals surface area contributed by atoms with E-state index in [4.69, 9.17) is 27.9 Å². The highest BCUT2D eigenvalue weighted by molar-refractivity contribution is 7.09. The molecule has 2 aromatic carbocycles. The second-order valence-electron chi connectivity index (χ2n) is 9.62. The minimum Gasteiger partial charge on any atom is -0.497 e. The number of benzene rings is 2. The predicted octanol–water partition coefficient (Wildman–Crippen LogP) is 5.36. The van der Waals surface area contributed by atoms with Gasteiger partial charge in [-0.1, -0.05) is 12.1 Å². The lowest BCUT2D eigenvalue weighted by Gasteiger charge is -2.19. The van der Waals surface area contributed by atoms with Crippen molar-refractivity contribution in [1.82, 2.24) is 9.55 Å². The van der Waals surface area contributed by atoms with Gasteiger partial charge in [-0.15, -0.1) is 0 Å². The summed E-state index contributed by atoms with van der Waals surface area (Å²) in [4.78, 5) is 28.3. The zero-order chi connectivity index (χ0) is 29.9. The van der Waals surface area contributed by atoms with E-state index in [1.165, 1.54) is 6.07 Å². The van der Waals surface area contributed by atoms with Crippen molar-refractivity contribution < 1.29 is 41.5 Å². The van der Waals surface area contributed by atoms with E-state index in [1.54, 1.807) is 31.4 Å². The van der Waals surface area contributed by atoms with Crippen molar-refractivity contribution in [2.45, 2.75) is 44.8 Å². The number of carbonyl (C=O) groups excluding carboxylic acids is 1. The molecule has 1 saturated heterocycles. The summed E-state index contributed by atoms with van der Waals surface area (Å²) in [6, 6.07) is 13.8. The number of methoxy groups -OCH3 is 1. The molecule has 1 N–H and O–H groups in total. The number of alkyl halides is 2. The van der Waals surface area contributed by atoms with Crippen molar-refractivity contribution in [2.24, 2.45) is 0 Å².